The van der Waals surface area contributed by atoms with E-state index in [1.807, 2.05) is 0 Å². The Kier molecular flexibility index (Phi) is 3.61. The molecule has 0 aromatic rings. The van der Waals surface area contributed by atoms with Gasteiger partial charge >= 0.3 is 0 Å². The molecule has 4 aliphatic rings. The highest BCUT2D eigenvalue weighted by molar-refractivity contribution is 5.37. The predicted octanol–water partition coefficient (Wildman–Crippen LogP) is 3.25. The largest absolute Gasteiger partial charge is 0.396 e. The topological polar surface area (TPSA) is 66.5 Å². The van der Waals surface area contributed by atoms with Crippen molar-refractivity contribution in [1.82, 2.24) is 0 Å². The first-order valence-electron chi connectivity index (χ1n) is 9.95. The lowest BCUT2D eigenvalue weighted by molar-refractivity contribution is -0.0905. The van der Waals surface area contributed by atoms with E-state index < -0.39 is 0 Å². The third-order valence-electron chi connectivity index (χ3n) is 9.61. The summed E-state index contributed by atoms with van der Waals surface area (Å²) in [5.74, 6) is 0.792. The van der Waals surface area contributed by atoms with E-state index in [4.69, 9.17) is 5.73 Å². The van der Waals surface area contributed by atoms with Gasteiger partial charge in [0.05, 0.1) is 0 Å². The average Bonchev–Trinajstić information content (AvgIpc) is 3.20. The zero-order chi connectivity index (χ0) is 17.4. The van der Waals surface area contributed by atoms with Gasteiger partial charge in [-0.05, 0) is 79.4 Å². The zero-order valence-corrected chi connectivity index (χ0v) is 15.5. The van der Waals surface area contributed by atoms with Crippen LogP contribution in [0, 0.1) is 33.5 Å². The molecule has 0 radical (unpaired) electrons. The van der Waals surface area contributed by atoms with Crippen molar-refractivity contribution in [3.05, 3.63) is 12.2 Å². The molecule has 0 aromatic carbocycles. The van der Waals surface area contributed by atoms with E-state index in [1.165, 1.54) is 24.8 Å². The maximum Gasteiger partial charge on any atom is 0.0496 e. The van der Waals surface area contributed by atoms with E-state index in [0.717, 1.165) is 32.1 Å². The number of nitrogens with two attached hydrogens (primary N) is 1. The van der Waals surface area contributed by atoms with Crippen molar-refractivity contribution in [2.75, 3.05) is 13.2 Å². The van der Waals surface area contributed by atoms with Crippen molar-refractivity contribution in [3.8, 4) is 0 Å². The molecule has 0 aliphatic heterocycles. The smallest absolute Gasteiger partial charge is 0.0496 e. The number of allylic oxidation sites excluding steroid dienone is 1. The van der Waals surface area contributed by atoms with Crippen molar-refractivity contribution >= 4 is 0 Å². The molecular formula is C21H35NO2. The van der Waals surface area contributed by atoms with Gasteiger partial charge in [0.25, 0.3) is 0 Å². The van der Waals surface area contributed by atoms with Gasteiger partial charge in [0.1, 0.15) is 0 Å². The monoisotopic (exact) mass is 333 g/mol. The summed E-state index contributed by atoms with van der Waals surface area (Å²) in [4.78, 5) is 0. The maximum absolute atomic E-state index is 10.5. The average molecular weight is 334 g/mol. The van der Waals surface area contributed by atoms with Crippen LogP contribution in [0.3, 0.4) is 0 Å². The molecule has 0 heterocycles. The first-order valence-corrected chi connectivity index (χ1v) is 9.95. The van der Waals surface area contributed by atoms with Crippen LogP contribution in [0.1, 0.15) is 65.2 Å². The number of aliphatic hydroxyl groups excluding tert-OH is 2. The molecule has 7 atom stereocenters. The van der Waals surface area contributed by atoms with Crippen molar-refractivity contribution in [3.63, 3.8) is 0 Å². The van der Waals surface area contributed by atoms with Gasteiger partial charge in [-0.3, -0.25) is 0 Å². The SMILES string of the molecule is C=C1CC[C@@]23CC2(CO)[C@@H]([C@@]2(C)CC[C@H](N)C[C@@H]2CO)CC[C@]13C. The summed E-state index contributed by atoms with van der Waals surface area (Å²) in [6.45, 7) is 9.75. The van der Waals surface area contributed by atoms with Crippen LogP contribution in [0.25, 0.3) is 0 Å². The molecule has 4 rings (SSSR count). The minimum absolute atomic E-state index is 0.0586. The van der Waals surface area contributed by atoms with Crippen LogP contribution < -0.4 is 5.73 Å². The van der Waals surface area contributed by atoms with Crippen molar-refractivity contribution in [1.29, 1.82) is 0 Å². The Morgan fingerprint density at radius 1 is 1.17 bits per heavy atom. The van der Waals surface area contributed by atoms with Crippen molar-refractivity contribution in [2.45, 2.75) is 71.3 Å². The Bertz CT molecular complexity index is 562. The van der Waals surface area contributed by atoms with E-state index >= 15 is 0 Å². The first-order chi connectivity index (χ1) is 11.3. The number of aliphatic hydroxyl groups is 2. The molecule has 136 valence electrons. The van der Waals surface area contributed by atoms with Gasteiger partial charge in [0.2, 0.25) is 0 Å². The molecule has 4 saturated carbocycles. The lowest BCUT2D eigenvalue weighted by Crippen LogP contribution is -2.53. The van der Waals surface area contributed by atoms with Crippen LogP contribution in [0.4, 0.5) is 0 Å². The standard InChI is InChI=1S/C21H35NO2/c1-14-4-9-21-12-20(21,13-24)17(6-8-19(14,21)3)18(2)7-5-16(22)10-15(18)11-23/h15-17,23-24H,1,4-13,22H2,2-3H3/t15-,16+,17-,18+,19-,20?,21+/m1/s1. The molecule has 4 aliphatic carbocycles. The fourth-order valence-electron chi connectivity index (χ4n) is 7.89. The second-order valence-electron chi connectivity index (χ2n) is 10.0. The van der Waals surface area contributed by atoms with Gasteiger partial charge in [-0.15, -0.1) is 0 Å². The molecular weight excluding hydrogens is 298 g/mol. The van der Waals surface area contributed by atoms with Crippen LogP contribution in [-0.2, 0) is 0 Å². The third kappa shape index (κ3) is 1.74. The fourth-order valence-corrected chi connectivity index (χ4v) is 7.89. The fraction of sp³-hybridized carbons (Fsp3) is 0.905. The van der Waals surface area contributed by atoms with Crippen LogP contribution in [0.5, 0.6) is 0 Å². The van der Waals surface area contributed by atoms with E-state index in [-0.39, 0.29) is 40.2 Å². The summed E-state index contributed by atoms with van der Waals surface area (Å²) in [7, 11) is 0. The van der Waals surface area contributed by atoms with E-state index in [0.29, 0.717) is 12.5 Å². The number of hydrogen-bond acceptors (Lipinski definition) is 3. The molecule has 3 heteroatoms. The Balaban J connectivity index is 1.72. The minimum Gasteiger partial charge on any atom is -0.396 e. The van der Waals surface area contributed by atoms with Crippen molar-refractivity contribution < 1.29 is 10.2 Å². The predicted molar refractivity (Wildman–Crippen MR) is 96.3 cm³/mol. The van der Waals surface area contributed by atoms with Crippen LogP contribution in [-0.4, -0.2) is 29.5 Å². The van der Waals surface area contributed by atoms with Crippen LogP contribution >= 0.6 is 0 Å². The second-order valence-corrected chi connectivity index (χ2v) is 10.0. The molecule has 0 amide bonds. The quantitative estimate of drug-likeness (QED) is 0.695. The maximum atomic E-state index is 10.5. The highest BCUT2D eigenvalue weighted by atomic mass is 16.3. The first kappa shape index (κ1) is 17.1. The van der Waals surface area contributed by atoms with Gasteiger partial charge < -0.3 is 15.9 Å². The summed E-state index contributed by atoms with van der Waals surface area (Å²) in [5, 5.41) is 20.6. The Morgan fingerprint density at radius 2 is 1.92 bits per heavy atom. The zero-order valence-electron chi connectivity index (χ0n) is 15.5. The molecule has 3 nitrogen and oxygen atoms in total. The molecule has 4 fully saturated rings. The lowest BCUT2D eigenvalue weighted by Gasteiger charge is -2.56. The Hall–Kier alpha value is -0.380. The van der Waals surface area contributed by atoms with Gasteiger partial charge in [-0.25, -0.2) is 0 Å². The minimum atomic E-state index is 0.0586. The summed E-state index contributed by atoms with van der Waals surface area (Å²) in [6.07, 6.45) is 8.97. The third-order valence-corrected chi connectivity index (χ3v) is 9.61. The molecule has 1 spiro atoms. The lowest BCUT2D eigenvalue weighted by atomic mass is 9.49. The van der Waals surface area contributed by atoms with Crippen LogP contribution in [0.15, 0.2) is 12.2 Å². The van der Waals surface area contributed by atoms with Gasteiger partial charge in [-0.2, -0.15) is 0 Å². The molecule has 24 heavy (non-hydrogen) atoms. The van der Waals surface area contributed by atoms with E-state index in [2.05, 4.69) is 20.4 Å². The molecule has 0 saturated heterocycles. The highest BCUT2D eigenvalue weighted by Gasteiger charge is 2.81. The second kappa shape index (κ2) is 5.08. The highest BCUT2D eigenvalue weighted by Crippen LogP contribution is 2.87. The summed E-state index contributed by atoms with van der Waals surface area (Å²) < 4.78 is 0. The summed E-state index contributed by atoms with van der Waals surface area (Å²) in [5.41, 5.74) is 8.31. The molecule has 0 bridgehead atoms. The van der Waals surface area contributed by atoms with E-state index in [9.17, 15) is 10.2 Å². The normalized spacial score (nSPS) is 56.7. The van der Waals surface area contributed by atoms with Crippen LogP contribution in [0.2, 0.25) is 0 Å². The van der Waals surface area contributed by atoms with Gasteiger partial charge in [0, 0.05) is 24.7 Å². The van der Waals surface area contributed by atoms with Crippen molar-refractivity contribution in [2.24, 2.45) is 39.2 Å². The number of hydrogen-bond donors (Lipinski definition) is 3. The number of rotatable bonds is 3. The Morgan fingerprint density at radius 3 is 2.58 bits per heavy atom. The summed E-state index contributed by atoms with van der Waals surface area (Å²) in [6, 6.07) is 0.230. The summed E-state index contributed by atoms with van der Waals surface area (Å²) >= 11 is 0. The molecule has 4 N–H and O–H groups in total. The molecule has 1 unspecified atom stereocenters. The van der Waals surface area contributed by atoms with Gasteiger partial charge in [-0.1, -0.05) is 26.0 Å². The Labute approximate surface area is 146 Å². The molecule has 0 aromatic heterocycles. The van der Waals surface area contributed by atoms with E-state index in [1.54, 1.807) is 0 Å². The van der Waals surface area contributed by atoms with Gasteiger partial charge in [0.15, 0.2) is 0 Å².